The Morgan fingerprint density at radius 3 is 2.24 bits per heavy atom. The van der Waals surface area contributed by atoms with Gasteiger partial charge in [0.15, 0.2) is 5.78 Å². The first-order chi connectivity index (χ1) is 10.1. The number of anilines is 1. The van der Waals surface area contributed by atoms with E-state index in [1.54, 1.807) is 0 Å². The number of hydrogen-bond acceptors (Lipinski definition) is 2. The van der Waals surface area contributed by atoms with Crippen LogP contribution in [0.25, 0.3) is 0 Å². The lowest BCUT2D eigenvalue weighted by molar-refractivity contribution is 0.0983. The first-order valence-electron chi connectivity index (χ1n) is 7.12. The average molecular weight is 279 g/mol. The molecule has 0 aliphatic heterocycles. The molecule has 0 saturated carbocycles. The topological polar surface area (TPSA) is 20.3 Å². The van der Waals surface area contributed by atoms with E-state index in [1.165, 1.54) is 0 Å². The second kappa shape index (κ2) is 7.07. The van der Waals surface area contributed by atoms with E-state index in [-0.39, 0.29) is 5.78 Å². The van der Waals surface area contributed by atoms with Gasteiger partial charge < -0.3 is 4.90 Å². The van der Waals surface area contributed by atoms with Crippen LogP contribution in [0.4, 0.5) is 5.69 Å². The van der Waals surface area contributed by atoms with Crippen molar-refractivity contribution in [3.63, 3.8) is 0 Å². The van der Waals surface area contributed by atoms with Crippen LogP contribution in [-0.2, 0) is 0 Å². The van der Waals surface area contributed by atoms with Gasteiger partial charge in [-0.25, -0.2) is 0 Å². The van der Waals surface area contributed by atoms with Gasteiger partial charge in [-0.3, -0.25) is 4.79 Å². The monoisotopic (exact) mass is 279 g/mol. The van der Waals surface area contributed by atoms with Crippen LogP contribution in [0.2, 0.25) is 0 Å². The van der Waals surface area contributed by atoms with E-state index in [0.29, 0.717) is 6.42 Å². The molecule has 0 heterocycles. The summed E-state index contributed by atoms with van der Waals surface area (Å²) in [6, 6.07) is 15.8. The predicted molar refractivity (Wildman–Crippen MR) is 88.6 cm³/mol. The number of carbonyl (C=O) groups excluding carboxylic acids is 1. The summed E-state index contributed by atoms with van der Waals surface area (Å²) in [7, 11) is 3.98. The van der Waals surface area contributed by atoms with Crippen LogP contribution in [0.15, 0.2) is 48.5 Å². The normalized spacial score (nSPS) is 10.4. The highest BCUT2D eigenvalue weighted by atomic mass is 16.1. The summed E-state index contributed by atoms with van der Waals surface area (Å²) in [4.78, 5) is 14.1. The maximum absolute atomic E-state index is 12.1. The van der Waals surface area contributed by atoms with E-state index in [0.717, 1.165) is 28.8 Å². The minimum absolute atomic E-state index is 0.185. The van der Waals surface area contributed by atoms with Gasteiger partial charge in [0, 0.05) is 31.8 Å². The van der Waals surface area contributed by atoms with Gasteiger partial charge in [0.2, 0.25) is 0 Å². The van der Waals surface area contributed by atoms with E-state index in [1.807, 2.05) is 67.5 Å². The Labute approximate surface area is 127 Å². The summed E-state index contributed by atoms with van der Waals surface area (Å²) in [5.74, 6) is 0.185. The fourth-order valence-corrected chi connectivity index (χ4v) is 2.11. The highest BCUT2D eigenvalue weighted by molar-refractivity contribution is 5.96. The lowest BCUT2D eigenvalue weighted by Crippen LogP contribution is -2.08. The van der Waals surface area contributed by atoms with Crippen molar-refractivity contribution in [1.82, 2.24) is 0 Å². The van der Waals surface area contributed by atoms with E-state index in [9.17, 15) is 4.79 Å². The number of nitrogens with zero attached hydrogens (tertiary/aromatic N) is 1. The third-order valence-electron chi connectivity index (χ3n) is 3.44. The zero-order valence-electron chi connectivity index (χ0n) is 12.7. The Kier molecular flexibility index (Phi) is 5.15. The molecule has 21 heavy (non-hydrogen) atoms. The van der Waals surface area contributed by atoms with Crippen molar-refractivity contribution < 1.29 is 4.79 Å². The van der Waals surface area contributed by atoms with Crippen molar-refractivity contribution in [2.75, 3.05) is 19.0 Å². The standard InChI is InChI=1S/C19H21NO/c1-15-7-9-16(10-8-15)5-4-6-19(21)17-11-13-18(14-12-17)20(2)3/h5,7-14H,1,4,6H2,2-3H3. The molecule has 0 N–H and O–H groups in total. The molecule has 0 bridgehead atoms. The first kappa shape index (κ1) is 15.3. The molecule has 0 aliphatic carbocycles. The number of Topliss-reactive ketones (excluding diaryl/α,β-unsaturated/α-hetero) is 1. The third kappa shape index (κ3) is 4.45. The zero-order valence-corrected chi connectivity index (χ0v) is 12.7. The molecule has 0 aliphatic rings. The van der Waals surface area contributed by atoms with E-state index in [4.69, 9.17) is 0 Å². The van der Waals surface area contributed by atoms with Crippen molar-refractivity contribution in [1.29, 1.82) is 0 Å². The molecule has 2 radical (unpaired) electrons. The molecule has 2 rings (SSSR count). The Morgan fingerprint density at radius 1 is 1.05 bits per heavy atom. The Bertz CT molecular complexity index is 582. The van der Waals surface area contributed by atoms with Gasteiger partial charge in [-0.15, -0.1) is 0 Å². The van der Waals surface area contributed by atoms with Gasteiger partial charge in [-0.1, -0.05) is 24.3 Å². The van der Waals surface area contributed by atoms with E-state index in [2.05, 4.69) is 13.3 Å². The Morgan fingerprint density at radius 2 is 1.67 bits per heavy atom. The van der Waals surface area contributed by atoms with E-state index < -0.39 is 0 Å². The highest BCUT2D eigenvalue weighted by Gasteiger charge is 2.06. The van der Waals surface area contributed by atoms with Crippen LogP contribution >= 0.6 is 0 Å². The number of ketones is 1. The van der Waals surface area contributed by atoms with Gasteiger partial charge in [-0.05, 0) is 55.2 Å². The predicted octanol–water partition coefficient (Wildman–Crippen LogP) is 4.15. The zero-order chi connectivity index (χ0) is 15.2. The van der Waals surface area contributed by atoms with Gasteiger partial charge >= 0.3 is 0 Å². The van der Waals surface area contributed by atoms with Crippen LogP contribution in [0.5, 0.6) is 0 Å². The van der Waals surface area contributed by atoms with Crippen LogP contribution in [0.1, 0.15) is 34.3 Å². The maximum atomic E-state index is 12.1. The summed E-state index contributed by atoms with van der Waals surface area (Å²) in [6.07, 6.45) is 3.38. The molecule has 0 amide bonds. The molecule has 0 fully saturated rings. The molecular formula is C19H21NO. The van der Waals surface area contributed by atoms with Crippen LogP contribution in [0.3, 0.4) is 0 Å². The van der Waals surface area contributed by atoms with Crippen molar-refractivity contribution in [2.45, 2.75) is 12.8 Å². The summed E-state index contributed by atoms with van der Waals surface area (Å²) in [5, 5.41) is 0. The Balaban J connectivity index is 1.85. The van der Waals surface area contributed by atoms with Crippen LogP contribution < -0.4 is 4.90 Å². The van der Waals surface area contributed by atoms with Crippen LogP contribution in [0, 0.1) is 13.3 Å². The SMILES string of the molecule is [CH2]c1ccc([CH]CCC(=O)c2ccc(N(C)C)cc2)cc1. The quantitative estimate of drug-likeness (QED) is 0.740. The average Bonchev–Trinajstić information content (AvgIpc) is 2.49. The molecule has 108 valence electrons. The highest BCUT2D eigenvalue weighted by Crippen LogP contribution is 2.15. The lowest BCUT2D eigenvalue weighted by Gasteiger charge is -2.12. The van der Waals surface area contributed by atoms with Gasteiger partial charge in [0.05, 0.1) is 0 Å². The van der Waals surface area contributed by atoms with Crippen molar-refractivity contribution in [3.05, 3.63) is 78.6 Å². The van der Waals surface area contributed by atoms with Crippen LogP contribution in [-0.4, -0.2) is 19.9 Å². The van der Waals surface area contributed by atoms with Gasteiger partial charge in [-0.2, -0.15) is 0 Å². The number of benzene rings is 2. The molecule has 0 spiro atoms. The van der Waals surface area contributed by atoms with Gasteiger partial charge in [0.25, 0.3) is 0 Å². The second-order valence-electron chi connectivity index (χ2n) is 5.35. The van der Waals surface area contributed by atoms with Crippen molar-refractivity contribution in [3.8, 4) is 0 Å². The number of carbonyl (C=O) groups is 1. The molecule has 2 heteroatoms. The molecule has 2 aromatic carbocycles. The summed E-state index contributed by atoms with van der Waals surface area (Å²) in [5.41, 5.74) is 4.02. The summed E-state index contributed by atoms with van der Waals surface area (Å²) in [6.45, 7) is 3.86. The fourth-order valence-electron chi connectivity index (χ4n) is 2.11. The molecule has 0 atom stereocenters. The summed E-state index contributed by atoms with van der Waals surface area (Å²) >= 11 is 0. The third-order valence-corrected chi connectivity index (χ3v) is 3.44. The fraction of sp³-hybridized carbons (Fsp3) is 0.211. The second-order valence-corrected chi connectivity index (χ2v) is 5.35. The van der Waals surface area contributed by atoms with Crippen molar-refractivity contribution in [2.24, 2.45) is 0 Å². The molecule has 0 saturated heterocycles. The molecular weight excluding hydrogens is 258 g/mol. The molecule has 0 unspecified atom stereocenters. The maximum Gasteiger partial charge on any atom is 0.162 e. The van der Waals surface area contributed by atoms with Crippen molar-refractivity contribution >= 4 is 11.5 Å². The molecule has 2 aromatic rings. The molecule has 2 nitrogen and oxygen atoms in total. The largest absolute Gasteiger partial charge is 0.378 e. The summed E-state index contributed by atoms with van der Waals surface area (Å²) < 4.78 is 0. The number of hydrogen-bond donors (Lipinski definition) is 0. The Hall–Kier alpha value is -2.09. The number of rotatable bonds is 6. The lowest BCUT2D eigenvalue weighted by atomic mass is 10.0. The minimum atomic E-state index is 0.185. The first-order valence-corrected chi connectivity index (χ1v) is 7.12. The van der Waals surface area contributed by atoms with Gasteiger partial charge in [0.1, 0.15) is 0 Å². The minimum Gasteiger partial charge on any atom is -0.378 e. The smallest absolute Gasteiger partial charge is 0.162 e. The van der Waals surface area contributed by atoms with E-state index >= 15 is 0 Å². The molecule has 0 aromatic heterocycles.